The zero-order valence-electron chi connectivity index (χ0n) is 10.0. The summed E-state index contributed by atoms with van der Waals surface area (Å²) >= 11 is 6.26. The number of rotatable bonds is 1. The zero-order chi connectivity index (χ0) is 14.3. The molecule has 0 aliphatic carbocycles. The number of benzene rings is 1. The number of aromatic nitrogens is 2. The lowest BCUT2D eigenvalue weighted by Gasteiger charge is -2.09. The molecule has 3 rings (SSSR count). The Labute approximate surface area is 117 Å². The van der Waals surface area contributed by atoms with Gasteiger partial charge in [0.15, 0.2) is 0 Å². The van der Waals surface area contributed by atoms with Crippen LogP contribution in [0.15, 0.2) is 42.7 Å². The molecule has 0 unspecified atom stereocenters. The maximum Gasteiger partial charge on any atom is 0.416 e. The Morgan fingerprint density at radius 3 is 2.40 bits per heavy atom. The third-order valence-electron chi connectivity index (χ3n) is 3.04. The van der Waals surface area contributed by atoms with Crippen molar-refractivity contribution < 1.29 is 13.2 Å². The molecule has 0 amide bonds. The van der Waals surface area contributed by atoms with Gasteiger partial charge in [-0.2, -0.15) is 13.2 Å². The van der Waals surface area contributed by atoms with Crippen LogP contribution in [0.3, 0.4) is 0 Å². The molecule has 1 aromatic carbocycles. The number of halogens is 4. The summed E-state index contributed by atoms with van der Waals surface area (Å²) in [7, 11) is 0. The minimum atomic E-state index is -4.34. The number of H-pyrrole nitrogens is 1. The van der Waals surface area contributed by atoms with Gasteiger partial charge in [0.05, 0.1) is 10.6 Å². The number of nitrogens with one attached hydrogen (secondary N) is 1. The van der Waals surface area contributed by atoms with E-state index in [2.05, 4.69) is 9.97 Å². The summed E-state index contributed by atoms with van der Waals surface area (Å²) in [6.45, 7) is 0. The molecular formula is C14H8ClF3N2. The second-order valence-electron chi connectivity index (χ2n) is 4.30. The number of nitrogens with zero attached hydrogens (tertiary/aromatic N) is 1. The molecule has 0 atom stereocenters. The Kier molecular flexibility index (Phi) is 2.94. The van der Waals surface area contributed by atoms with Crippen molar-refractivity contribution in [1.29, 1.82) is 0 Å². The summed E-state index contributed by atoms with van der Waals surface area (Å²) in [6, 6.07) is 6.63. The van der Waals surface area contributed by atoms with Gasteiger partial charge < -0.3 is 4.98 Å². The predicted molar refractivity (Wildman–Crippen MR) is 71.5 cm³/mol. The van der Waals surface area contributed by atoms with Gasteiger partial charge >= 0.3 is 6.18 Å². The number of hydrogen-bond acceptors (Lipinski definition) is 1. The van der Waals surface area contributed by atoms with Crippen LogP contribution >= 0.6 is 11.6 Å². The Hall–Kier alpha value is -2.01. The second kappa shape index (κ2) is 4.52. The third-order valence-corrected chi connectivity index (χ3v) is 3.45. The molecule has 0 saturated carbocycles. The van der Waals surface area contributed by atoms with Crippen molar-refractivity contribution in [3.63, 3.8) is 0 Å². The van der Waals surface area contributed by atoms with Gasteiger partial charge in [0.2, 0.25) is 0 Å². The van der Waals surface area contributed by atoms with Crippen molar-refractivity contribution in [2.24, 2.45) is 0 Å². The topological polar surface area (TPSA) is 28.7 Å². The fourth-order valence-corrected chi connectivity index (χ4v) is 2.33. The van der Waals surface area contributed by atoms with E-state index in [1.54, 1.807) is 18.5 Å². The minimum absolute atomic E-state index is 0.469. The highest BCUT2D eigenvalue weighted by atomic mass is 35.5. The van der Waals surface area contributed by atoms with E-state index >= 15 is 0 Å². The van der Waals surface area contributed by atoms with Crippen LogP contribution in [0, 0.1) is 0 Å². The molecular weight excluding hydrogens is 289 g/mol. The third kappa shape index (κ3) is 2.14. The maximum atomic E-state index is 12.5. The van der Waals surface area contributed by atoms with Crippen LogP contribution in [0.5, 0.6) is 0 Å². The molecule has 0 spiro atoms. The summed E-state index contributed by atoms with van der Waals surface area (Å²) < 4.78 is 37.6. The van der Waals surface area contributed by atoms with Gasteiger partial charge in [-0.25, -0.2) is 4.98 Å². The molecule has 20 heavy (non-hydrogen) atoms. The maximum absolute atomic E-state index is 12.5. The lowest BCUT2D eigenvalue weighted by atomic mass is 10.0. The molecule has 0 bridgehead atoms. The van der Waals surface area contributed by atoms with Crippen molar-refractivity contribution in [3.8, 4) is 11.1 Å². The van der Waals surface area contributed by atoms with E-state index in [9.17, 15) is 13.2 Å². The van der Waals surface area contributed by atoms with E-state index in [1.807, 2.05) is 0 Å². The number of fused-ring (bicyclic) bond motifs is 1. The van der Waals surface area contributed by atoms with Crippen LogP contribution in [-0.2, 0) is 6.18 Å². The lowest BCUT2D eigenvalue weighted by Crippen LogP contribution is -2.04. The number of hydrogen-bond donors (Lipinski definition) is 1. The average Bonchev–Trinajstić information content (AvgIpc) is 2.88. The van der Waals surface area contributed by atoms with Gasteiger partial charge in [0.25, 0.3) is 0 Å². The van der Waals surface area contributed by atoms with Crippen LogP contribution < -0.4 is 0 Å². The van der Waals surface area contributed by atoms with Crippen molar-refractivity contribution >= 4 is 22.6 Å². The Morgan fingerprint density at radius 1 is 1.05 bits per heavy atom. The van der Waals surface area contributed by atoms with Gasteiger partial charge in [-0.05, 0) is 23.8 Å². The fourth-order valence-electron chi connectivity index (χ4n) is 2.02. The first-order chi connectivity index (χ1) is 9.47. The fraction of sp³-hybridized carbons (Fsp3) is 0.0714. The number of alkyl halides is 3. The Bertz CT molecular complexity index is 760. The van der Waals surface area contributed by atoms with Gasteiger partial charge in [0.1, 0.15) is 5.65 Å². The van der Waals surface area contributed by atoms with Gasteiger partial charge in [-0.3, -0.25) is 0 Å². The average molecular weight is 297 g/mol. The first kappa shape index (κ1) is 13.0. The quantitative estimate of drug-likeness (QED) is 0.679. The normalized spacial score (nSPS) is 12.0. The first-order valence-electron chi connectivity index (χ1n) is 5.76. The zero-order valence-corrected chi connectivity index (χ0v) is 10.8. The molecule has 0 aliphatic rings. The largest absolute Gasteiger partial charge is 0.416 e. The predicted octanol–water partition coefficient (Wildman–Crippen LogP) is 4.90. The molecule has 6 heteroatoms. The van der Waals surface area contributed by atoms with Crippen molar-refractivity contribution in [3.05, 3.63) is 53.3 Å². The summed E-state index contributed by atoms with van der Waals surface area (Å²) in [6.07, 6.45) is -1.09. The molecule has 1 N–H and O–H groups in total. The summed E-state index contributed by atoms with van der Waals surface area (Å²) in [4.78, 5) is 7.11. The highest BCUT2D eigenvalue weighted by Crippen LogP contribution is 2.35. The summed E-state index contributed by atoms with van der Waals surface area (Å²) in [5.41, 5.74) is 1.16. The van der Waals surface area contributed by atoms with E-state index in [-0.39, 0.29) is 0 Å². The van der Waals surface area contributed by atoms with Crippen LogP contribution in [0.2, 0.25) is 5.02 Å². The SMILES string of the molecule is FC(F)(F)c1ccc(-c2cnc3[nH]ccc3c2Cl)cc1. The molecule has 0 radical (unpaired) electrons. The van der Waals surface area contributed by atoms with Gasteiger partial charge in [-0.15, -0.1) is 0 Å². The Morgan fingerprint density at radius 2 is 1.75 bits per heavy atom. The molecule has 2 nitrogen and oxygen atoms in total. The standard InChI is InChI=1S/C14H8ClF3N2/c15-12-10-5-6-19-13(10)20-7-11(12)8-1-3-9(4-2-8)14(16,17)18/h1-7H,(H,19,20). The smallest absolute Gasteiger partial charge is 0.346 e. The highest BCUT2D eigenvalue weighted by molar-refractivity contribution is 6.37. The highest BCUT2D eigenvalue weighted by Gasteiger charge is 2.30. The van der Waals surface area contributed by atoms with Crippen molar-refractivity contribution in [1.82, 2.24) is 9.97 Å². The molecule has 0 fully saturated rings. The van der Waals surface area contributed by atoms with Crippen molar-refractivity contribution in [2.45, 2.75) is 6.18 Å². The first-order valence-corrected chi connectivity index (χ1v) is 6.14. The summed E-state index contributed by atoms with van der Waals surface area (Å²) in [5, 5.41) is 1.21. The molecule has 102 valence electrons. The lowest BCUT2D eigenvalue weighted by molar-refractivity contribution is -0.137. The number of aromatic amines is 1. The van der Waals surface area contributed by atoms with Crippen LogP contribution in [0.1, 0.15) is 5.56 Å². The van der Waals surface area contributed by atoms with Crippen molar-refractivity contribution in [2.75, 3.05) is 0 Å². The van der Waals surface area contributed by atoms with Crippen LogP contribution in [-0.4, -0.2) is 9.97 Å². The van der Waals surface area contributed by atoms with E-state index in [1.165, 1.54) is 12.1 Å². The molecule has 3 aromatic rings. The van der Waals surface area contributed by atoms with Gasteiger partial charge in [0, 0.05) is 23.3 Å². The number of pyridine rings is 1. The van der Waals surface area contributed by atoms with E-state index in [0.29, 0.717) is 21.8 Å². The second-order valence-corrected chi connectivity index (χ2v) is 4.68. The molecule has 2 aromatic heterocycles. The molecule has 2 heterocycles. The van der Waals surface area contributed by atoms with E-state index in [4.69, 9.17) is 11.6 Å². The van der Waals surface area contributed by atoms with E-state index in [0.717, 1.165) is 17.5 Å². The van der Waals surface area contributed by atoms with Crippen LogP contribution in [0.4, 0.5) is 13.2 Å². The summed E-state index contributed by atoms with van der Waals surface area (Å²) in [5.74, 6) is 0. The molecule has 0 saturated heterocycles. The Balaban J connectivity index is 2.09. The molecule has 0 aliphatic heterocycles. The van der Waals surface area contributed by atoms with Crippen LogP contribution in [0.25, 0.3) is 22.2 Å². The van der Waals surface area contributed by atoms with E-state index < -0.39 is 11.7 Å². The minimum Gasteiger partial charge on any atom is -0.346 e. The van der Waals surface area contributed by atoms with Gasteiger partial charge in [-0.1, -0.05) is 23.7 Å². The monoisotopic (exact) mass is 296 g/mol.